The number of alkyl halides is 1. The normalized spacial score (nSPS) is 21.5. The second-order valence-corrected chi connectivity index (χ2v) is 5.15. The molecule has 1 unspecified atom stereocenters. The highest BCUT2D eigenvalue weighted by Crippen LogP contribution is 2.31. The van der Waals surface area contributed by atoms with Crippen LogP contribution >= 0.6 is 15.9 Å². The summed E-state index contributed by atoms with van der Waals surface area (Å²) in [7, 11) is 1.73. The Balaban J connectivity index is 2.20. The highest BCUT2D eigenvalue weighted by atomic mass is 79.9. The van der Waals surface area contributed by atoms with Gasteiger partial charge in [0, 0.05) is 17.9 Å². The average molecular weight is 270 g/mol. The molecule has 1 saturated heterocycles. The number of halogens is 1. The lowest BCUT2D eigenvalue weighted by Gasteiger charge is -2.32. The second kappa shape index (κ2) is 4.88. The van der Waals surface area contributed by atoms with E-state index in [4.69, 9.17) is 4.74 Å². The van der Waals surface area contributed by atoms with Crippen LogP contribution in [0, 0.1) is 0 Å². The van der Waals surface area contributed by atoms with Crippen LogP contribution in [-0.4, -0.2) is 25.0 Å². The van der Waals surface area contributed by atoms with Crippen LogP contribution < -0.4 is 9.64 Å². The molecule has 1 heterocycles. The summed E-state index contributed by atoms with van der Waals surface area (Å²) in [6.45, 7) is 2.20. The molecule has 0 amide bonds. The smallest absolute Gasteiger partial charge is 0.142 e. The summed E-state index contributed by atoms with van der Waals surface area (Å²) in [5.74, 6) is 0.971. The van der Waals surface area contributed by atoms with E-state index in [0.29, 0.717) is 4.83 Å². The number of para-hydroxylation sites is 2. The van der Waals surface area contributed by atoms with E-state index in [-0.39, 0.29) is 0 Å². The highest BCUT2D eigenvalue weighted by molar-refractivity contribution is 9.09. The standard InChI is InChI=1S/C12H16BrNO/c1-15-12-7-3-2-6-11(12)14-8-4-5-10(13)9-14/h2-3,6-7,10H,4-5,8-9H2,1H3. The molecule has 1 aromatic carbocycles. The molecule has 1 aliphatic heterocycles. The van der Waals surface area contributed by atoms with E-state index in [9.17, 15) is 0 Å². The summed E-state index contributed by atoms with van der Waals surface area (Å²) < 4.78 is 5.38. The summed E-state index contributed by atoms with van der Waals surface area (Å²) >= 11 is 3.69. The van der Waals surface area contributed by atoms with Crippen molar-refractivity contribution >= 4 is 21.6 Å². The number of ether oxygens (including phenoxy) is 1. The summed E-state index contributed by atoms with van der Waals surface area (Å²) in [4.78, 5) is 3.00. The van der Waals surface area contributed by atoms with Gasteiger partial charge < -0.3 is 9.64 Å². The van der Waals surface area contributed by atoms with Gasteiger partial charge in [-0.15, -0.1) is 0 Å². The number of benzene rings is 1. The van der Waals surface area contributed by atoms with Crippen molar-refractivity contribution in [3.05, 3.63) is 24.3 Å². The van der Waals surface area contributed by atoms with Gasteiger partial charge in [0.25, 0.3) is 0 Å². The lowest BCUT2D eigenvalue weighted by atomic mass is 10.1. The predicted molar refractivity (Wildman–Crippen MR) is 67.2 cm³/mol. The number of anilines is 1. The monoisotopic (exact) mass is 269 g/mol. The Morgan fingerprint density at radius 3 is 2.93 bits per heavy atom. The lowest BCUT2D eigenvalue weighted by molar-refractivity contribution is 0.413. The van der Waals surface area contributed by atoms with Crippen LogP contribution in [0.3, 0.4) is 0 Å². The van der Waals surface area contributed by atoms with Gasteiger partial charge >= 0.3 is 0 Å². The molecule has 15 heavy (non-hydrogen) atoms. The van der Waals surface area contributed by atoms with Crippen molar-refractivity contribution in [2.24, 2.45) is 0 Å². The molecule has 1 atom stereocenters. The third-order valence-electron chi connectivity index (χ3n) is 2.79. The van der Waals surface area contributed by atoms with Crippen LogP contribution in [0.4, 0.5) is 5.69 Å². The van der Waals surface area contributed by atoms with Crippen molar-refractivity contribution in [1.29, 1.82) is 0 Å². The molecule has 1 aliphatic rings. The Bertz CT molecular complexity index is 329. The molecular formula is C12H16BrNO. The van der Waals surface area contributed by atoms with Crippen LogP contribution in [0.25, 0.3) is 0 Å². The molecule has 82 valence electrons. The first-order valence-corrected chi connectivity index (χ1v) is 6.25. The molecule has 0 spiro atoms. The first kappa shape index (κ1) is 10.8. The Labute approximate surface area is 99.4 Å². The largest absolute Gasteiger partial charge is 0.495 e. The zero-order chi connectivity index (χ0) is 10.7. The van der Waals surface area contributed by atoms with E-state index in [1.165, 1.54) is 18.5 Å². The lowest BCUT2D eigenvalue weighted by Crippen LogP contribution is -2.35. The van der Waals surface area contributed by atoms with Crippen LogP contribution in [0.2, 0.25) is 0 Å². The SMILES string of the molecule is COc1ccccc1N1CCCC(Br)C1. The van der Waals surface area contributed by atoms with E-state index < -0.39 is 0 Å². The fourth-order valence-corrected chi connectivity index (χ4v) is 2.71. The zero-order valence-electron chi connectivity index (χ0n) is 8.95. The van der Waals surface area contributed by atoms with Gasteiger partial charge in [-0.1, -0.05) is 28.1 Å². The number of methoxy groups -OCH3 is 1. The van der Waals surface area contributed by atoms with Gasteiger partial charge in [0.1, 0.15) is 5.75 Å². The summed E-state index contributed by atoms with van der Waals surface area (Å²) in [6, 6.07) is 8.23. The molecule has 3 heteroatoms. The molecule has 0 radical (unpaired) electrons. The molecule has 0 aliphatic carbocycles. The van der Waals surface area contributed by atoms with Gasteiger partial charge in [0.15, 0.2) is 0 Å². The quantitative estimate of drug-likeness (QED) is 0.766. The van der Waals surface area contributed by atoms with Crippen LogP contribution in [0.5, 0.6) is 5.75 Å². The van der Waals surface area contributed by atoms with Gasteiger partial charge in [-0.2, -0.15) is 0 Å². The molecule has 1 fully saturated rings. The number of rotatable bonds is 2. The van der Waals surface area contributed by atoms with Crippen molar-refractivity contribution in [3.63, 3.8) is 0 Å². The van der Waals surface area contributed by atoms with E-state index in [2.05, 4.69) is 33.0 Å². The van der Waals surface area contributed by atoms with Crippen molar-refractivity contribution in [2.45, 2.75) is 17.7 Å². The van der Waals surface area contributed by atoms with Crippen molar-refractivity contribution < 1.29 is 4.74 Å². The maximum Gasteiger partial charge on any atom is 0.142 e. The van der Waals surface area contributed by atoms with E-state index in [0.717, 1.165) is 18.8 Å². The summed E-state index contributed by atoms with van der Waals surface area (Å²) in [5, 5.41) is 0. The topological polar surface area (TPSA) is 12.5 Å². The van der Waals surface area contributed by atoms with Crippen LogP contribution in [0.15, 0.2) is 24.3 Å². The molecule has 1 aromatic rings. The predicted octanol–water partition coefficient (Wildman–Crippen LogP) is 3.06. The third kappa shape index (κ3) is 2.46. The third-order valence-corrected chi connectivity index (χ3v) is 3.54. The van der Waals surface area contributed by atoms with E-state index >= 15 is 0 Å². The Morgan fingerprint density at radius 1 is 1.40 bits per heavy atom. The minimum absolute atomic E-state index is 0.608. The molecule has 2 nitrogen and oxygen atoms in total. The van der Waals surface area contributed by atoms with Crippen LogP contribution in [0.1, 0.15) is 12.8 Å². The van der Waals surface area contributed by atoms with Crippen molar-refractivity contribution in [2.75, 3.05) is 25.1 Å². The van der Waals surface area contributed by atoms with Gasteiger partial charge in [-0.25, -0.2) is 0 Å². The highest BCUT2D eigenvalue weighted by Gasteiger charge is 2.19. The molecule has 0 N–H and O–H groups in total. The van der Waals surface area contributed by atoms with Gasteiger partial charge in [-0.3, -0.25) is 0 Å². The number of hydrogen-bond donors (Lipinski definition) is 0. The van der Waals surface area contributed by atoms with Gasteiger partial charge in [0.05, 0.1) is 12.8 Å². The maximum atomic E-state index is 5.38. The first-order chi connectivity index (χ1) is 7.31. The van der Waals surface area contributed by atoms with E-state index in [1.807, 2.05) is 12.1 Å². The fourth-order valence-electron chi connectivity index (χ4n) is 2.04. The number of hydrogen-bond acceptors (Lipinski definition) is 2. The Kier molecular flexibility index (Phi) is 3.52. The number of piperidine rings is 1. The molecule has 0 saturated carbocycles. The zero-order valence-corrected chi connectivity index (χ0v) is 10.5. The summed E-state index contributed by atoms with van der Waals surface area (Å²) in [6.07, 6.45) is 2.51. The Morgan fingerprint density at radius 2 is 2.20 bits per heavy atom. The molecule has 2 rings (SSSR count). The molecular weight excluding hydrogens is 254 g/mol. The maximum absolute atomic E-state index is 5.38. The molecule has 0 bridgehead atoms. The first-order valence-electron chi connectivity index (χ1n) is 5.33. The van der Waals surface area contributed by atoms with Gasteiger partial charge in [-0.05, 0) is 25.0 Å². The minimum atomic E-state index is 0.608. The van der Waals surface area contributed by atoms with Gasteiger partial charge in [0.2, 0.25) is 0 Å². The van der Waals surface area contributed by atoms with E-state index in [1.54, 1.807) is 7.11 Å². The Hall–Kier alpha value is -0.700. The average Bonchev–Trinajstić information content (AvgIpc) is 2.29. The van der Waals surface area contributed by atoms with Crippen molar-refractivity contribution in [1.82, 2.24) is 0 Å². The summed E-state index contributed by atoms with van der Waals surface area (Å²) in [5.41, 5.74) is 1.21. The number of nitrogens with zero attached hydrogens (tertiary/aromatic N) is 1. The fraction of sp³-hybridized carbons (Fsp3) is 0.500. The molecule has 0 aromatic heterocycles. The van der Waals surface area contributed by atoms with Crippen LogP contribution in [-0.2, 0) is 0 Å². The minimum Gasteiger partial charge on any atom is -0.495 e. The second-order valence-electron chi connectivity index (χ2n) is 3.86. The van der Waals surface area contributed by atoms with Crippen molar-refractivity contribution in [3.8, 4) is 5.75 Å².